The fraction of sp³-hybridized carbons (Fsp3) is 0.357. The van der Waals surface area contributed by atoms with Gasteiger partial charge in [-0.3, -0.25) is 4.40 Å². The van der Waals surface area contributed by atoms with Crippen LogP contribution in [0.4, 0.5) is 13.2 Å². The fourth-order valence-corrected chi connectivity index (χ4v) is 3.83. The Bertz CT molecular complexity index is 810. The molecular formula is C14H13F3N4S2. The molecule has 3 aromatic rings. The monoisotopic (exact) mass is 358 g/mol. The Morgan fingerprint density at radius 2 is 2.09 bits per heavy atom. The molecular weight excluding hydrogens is 345 g/mol. The minimum Gasteiger partial charge on any atom is -0.277 e. The molecule has 122 valence electrons. The number of rotatable bonds is 5. The lowest BCUT2D eigenvalue weighted by atomic mass is 10.3. The zero-order chi connectivity index (χ0) is 16.4. The lowest BCUT2D eigenvalue weighted by Crippen LogP contribution is -2.06. The van der Waals surface area contributed by atoms with Crippen molar-refractivity contribution in [3.63, 3.8) is 0 Å². The molecule has 0 unspecified atom stereocenters. The van der Waals surface area contributed by atoms with Gasteiger partial charge in [-0.15, -0.1) is 21.5 Å². The Balaban J connectivity index is 1.79. The second-order valence-electron chi connectivity index (χ2n) is 4.90. The molecule has 3 aromatic heterocycles. The number of pyridine rings is 1. The molecule has 0 saturated heterocycles. The maximum atomic E-state index is 12.8. The largest absolute Gasteiger partial charge is 0.417 e. The Morgan fingerprint density at radius 3 is 2.83 bits per heavy atom. The molecule has 0 aromatic carbocycles. The predicted octanol–water partition coefficient (Wildman–Crippen LogP) is 4.45. The van der Waals surface area contributed by atoms with E-state index in [4.69, 9.17) is 0 Å². The van der Waals surface area contributed by atoms with Gasteiger partial charge in [-0.1, -0.05) is 18.7 Å². The van der Waals surface area contributed by atoms with Crippen molar-refractivity contribution >= 4 is 28.7 Å². The van der Waals surface area contributed by atoms with Crippen LogP contribution in [-0.4, -0.2) is 19.6 Å². The zero-order valence-corrected chi connectivity index (χ0v) is 13.8. The normalized spacial score (nSPS) is 12.2. The first kappa shape index (κ1) is 16.3. The second kappa shape index (κ2) is 6.48. The first-order chi connectivity index (χ1) is 11.0. The number of nitrogens with zero attached hydrogens (tertiary/aromatic N) is 4. The lowest BCUT2D eigenvalue weighted by Gasteiger charge is -2.07. The maximum absolute atomic E-state index is 12.8. The quantitative estimate of drug-likeness (QED) is 0.632. The number of aromatic nitrogens is 4. The van der Waals surface area contributed by atoms with Crippen LogP contribution in [0.3, 0.4) is 0 Å². The van der Waals surface area contributed by atoms with Crippen LogP contribution in [0.2, 0.25) is 0 Å². The number of fused-ring (bicyclic) bond motifs is 1. The van der Waals surface area contributed by atoms with Crippen molar-refractivity contribution in [3.05, 3.63) is 40.0 Å². The van der Waals surface area contributed by atoms with Gasteiger partial charge in [-0.2, -0.15) is 13.2 Å². The number of halogens is 3. The summed E-state index contributed by atoms with van der Waals surface area (Å²) < 4.78 is 39.8. The molecule has 0 fully saturated rings. The van der Waals surface area contributed by atoms with Crippen molar-refractivity contribution in [2.45, 2.75) is 36.9 Å². The maximum Gasteiger partial charge on any atom is 0.417 e. The van der Waals surface area contributed by atoms with Crippen LogP contribution in [0.1, 0.15) is 29.6 Å². The molecule has 3 rings (SSSR count). The van der Waals surface area contributed by atoms with E-state index in [1.165, 1.54) is 22.2 Å². The highest BCUT2D eigenvalue weighted by molar-refractivity contribution is 7.98. The third-order valence-electron chi connectivity index (χ3n) is 3.11. The van der Waals surface area contributed by atoms with Crippen LogP contribution in [0.5, 0.6) is 0 Å². The molecule has 0 saturated carbocycles. The molecule has 0 bridgehead atoms. The van der Waals surface area contributed by atoms with E-state index in [-0.39, 0.29) is 0 Å². The number of alkyl halides is 3. The van der Waals surface area contributed by atoms with E-state index in [1.807, 2.05) is 5.38 Å². The van der Waals surface area contributed by atoms with Crippen LogP contribution >= 0.6 is 23.1 Å². The summed E-state index contributed by atoms with van der Waals surface area (Å²) in [6.45, 7) is 2.09. The molecule has 0 amide bonds. The standard InChI is InChI=1S/C14H13F3N4S2/c1-2-3-12-18-10(7-22-12)8-23-13-20-19-11-5-4-9(6-21(11)13)14(15,16)17/h4-7H,2-3,8H2,1H3. The van der Waals surface area contributed by atoms with Gasteiger partial charge in [0, 0.05) is 17.3 Å². The summed E-state index contributed by atoms with van der Waals surface area (Å²) in [5.74, 6) is 0.553. The van der Waals surface area contributed by atoms with E-state index >= 15 is 0 Å². The van der Waals surface area contributed by atoms with E-state index in [0.717, 1.165) is 35.8 Å². The third-order valence-corrected chi connectivity index (χ3v) is 5.04. The van der Waals surface area contributed by atoms with Crippen LogP contribution < -0.4 is 0 Å². The Kier molecular flexibility index (Phi) is 4.58. The highest BCUT2D eigenvalue weighted by atomic mass is 32.2. The Labute approximate surface area is 138 Å². The Morgan fingerprint density at radius 1 is 1.26 bits per heavy atom. The second-order valence-corrected chi connectivity index (χ2v) is 6.78. The van der Waals surface area contributed by atoms with Gasteiger partial charge < -0.3 is 0 Å². The molecule has 3 heterocycles. The molecule has 0 atom stereocenters. The fourth-order valence-electron chi connectivity index (χ4n) is 2.02. The minimum absolute atomic E-state index is 0.394. The molecule has 0 radical (unpaired) electrons. The average Bonchev–Trinajstić information content (AvgIpc) is 3.10. The number of thiazole rings is 1. The number of thioether (sulfide) groups is 1. The smallest absolute Gasteiger partial charge is 0.277 e. The van der Waals surface area contributed by atoms with Crippen molar-refractivity contribution < 1.29 is 13.2 Å². The summed E-state index contributed by atoms with van der Waals surface area (Å²) in [6, 6.07) is 2.33. The van der Waals surface area contributed by atoms with E-state index in [1.54, 1.807) is 11.3 Å². The number of hydrogen-bond donors (Lipinski definition) is 0. The molecule has 9 heteroatoms. The zero-order valence-electron chi connectivity index (χ0n) is 12.2. The highest BCUT2D eigenvalue weighted by Crippen LogP contribution is 2.30. The summed E-state index contributed by atoms with van der Waals surface area (Å²) >= 11 is 2.93. The molecule has 0 aliphatic heterocycles. The van der Waals surface area contributed by atoms with E-state index < -0.39 is 11.7 Å². The van der Waals surface area contributed by atoms with Gasteiger partial charge in [-0.25, -0.2) is 4.98 Å². The molecule has 0 N–H and O–H groups in total. The van der Waals surface area contributed by atoms with E-state index in [9.17, 15) is 13.2 Å². The van der Waals surface area contributed by atoms with Crippen molar-refractivity contribution in [3.8, 4) is 0 Å². The summed E-state index contributed by atoms with van der Waals surface area (Å²) in [7, 11) is 0. The molecule has 0 aliphatic carbocycles. The number of aryl methyl sites for hydroxylation is 1. The average molecular weight is 358 g/mol. The van der Waals surface area contributed by atoms with Gasteiger partial charge in [0.1, 0.15) is 0 Å². The van der Waals surface area contributed by atoms with Gasteiger partial charge >= 0.3 is 6.18 Å². The van der Waals surface area contributed by atoms with Gasteiger partial charge in [0.2, 0.25) is 0 Å². The van der Waals surface area contributed by atoms with Gasteiger partial charge in [0.15, 0.2) is 10.8 Å². The topological polar surface area (TPSA) is 43.1 Å². The van der Waals surface area contributed by atoms with Crippen LogP contribution in [0, 0.1) is 0 Å². The van der Waals surface area contributed by atoms with Gasteiger partial charge in [-0.05, 0) is 25.0 Å². The van der Waals surface area contributed by atoms with E-state index in [0.29, 0.717) is 16.6 Å². The van der Waals surface area contributed by atoms with Crippen molar-refractivity contribution in [2.75, 3.05) is 0 Å². The van der Waals surface area contributed by atoms with Crippen LogP contribution in [0.15, 0.2) is 28.9 Å². The van der Waals surface area contributed by atoms with Crippen molar-refractivity contribution in [1.82, 2.24) is 19.6 Å². The third kappa shape index (κ3) is 3.66. The summed E-state index contributed by atoms with van der Waals surface area (Å²) in [5, 5.41) is 11.3. The molecule has 0 spiro atoms. The van der Waals surface area contributed by atoms with Gasteiger partial charge in [0.05, 0.1) is 16.3 Å². The summed E-state index contributed by atoms with van der Waals surface area (Å²) in [4.78, 5) is 4.50. The highest BCUT2D eigenvalue weighted by Gasteiger charge is 2.31. The minimum atomic E-state index is -4.38. The van der Waals surface area contributed by atoms with Gasteiger partial charge in [0.25, 0.3) is 0 Å². The predicted molar refractivity (Wildman–Crippen MR) is 83.7 cm³/mol. The molecule has 4 nitrogen and oxygen atoms in total. The summed E-state index contributed by atoms with van der Waals surface area (Å²) in [6.07, 6.45) is -1.38. The first-order valence-corrected chi connectivity index (χ1v) is 8.82. The van der Waals surface area contributed by atoms with Crippen molar-refractivity contribution in [1.29, 1.82) is 0 Å². The van der Waals surface area contributed by atoms with Crippen LogP contribution in [0.25, 0.3) is 5.65 Å². The number of hydrogen-bond acceptors (Lipinski definition) is 5. The van der Waals surface area contributed by atoms with Crippen LogP contribution in [-0.2, 0) is 18.3 Å². The lowest BCUT2D eigenvalue weighted by molar-refractivity contribution is -0.137. The van der Waals surface area contributed by atoms with Crippen molar-refractivity contribution in [2.24, 2.45) is 0 Å². The van der Waals surface area contributed by atoms with E-state index in [2.05, 4.69) is 22.1 Å². The molecule has 23 heavy (non-hydrogen) atoms. The Hall–Kier alpha value is -1.61. The molecule has 0 aliphatic rings. The summed E-state index contributed by atoms with van der Waals surface area (Å²) in [5.41, 5.74) is 0.586. The first-order valence-electron chi connectivity index (χ1n) is 6.95. The SMILES string of the molecule is CCCc1nc(CSc2nnc3ccc(C(F)(F)F)cn23)cs1.